The second-order valence-electron chi connectivity index (χ2n) is 7.55. The summed E-state index contributed by atoms with van der Waals surface area (Å²) in [6.45, 7) is 1.72. The van der Waals surface area contributed by atoms with Crippen molar-refractivity contribution in [2.45, 2.75) is 19.4 Å². The fourth-order valence-electron chi connectivity index (χ4n) is 3.74. The zero-order chi connectivity index (χ0) is 21.8. The van der Waals surface area contributed by atoms with Crippen LogP contribution in [0.15, 0.2) is 69.9 Å². The molecular formula is C23H22BrFN4O2. The summed E-state index contributed by atoms with van der Waals surface area (Å²) in [7, 11) is 0. The molecule has 1 aliphatic rings. The average Bonchev–Trinajstić information content (AvgIpc) is 2.78. The van der Waals surface area contributed by atoms with Gasteiger partial charge in [0.2, 0.25) is 5.91 Å². The molecule has 6 nitrogen and oxygen atoms in total. The summed E-state index contributed by atoms with van der Waals surface area (Å²) < 4.78 is 15.8. The van der Waals surface area contributed by atoms with Gasteiger partial charge >= 0.3 is 0 Å². The highest BCUT2D eigenvalue weighted by Crippen LogP contribution is 2.22. The van der Waals surface area contributed by atoms with Crippen LogP contribution < -0.4 is 15.8 Å². The molecule has 0 aliphatic carbocycles. The smallest absolute Gasteiger partial charge is 0.271 e. The van der Waals surface area contributed by atoms with Crippen LogP contribution in [0.5, 0.6) is 0 Å². The molecule has 0 spiro atoms. The van der Waals surface area contributed by atoms with Crippen molar-refractivity contribution in [1.82, 2.24) is 15.1 Å². The SMILES string of the molecule is O=C(NCc1cccc(Br)c1)C1CCCN(c2ccc(=O)n(-c3cccc(F)c3)n2)C1. The molecule has 1 saturated heterocycles. The largest absolute Gasteiger partial charge is 0.354 e. The molecule has 1 amide bonds. The van der Waals surface area contributed by atoms with Gasteiger partial charge in [-0.3, -0.25) is 9.59 Å². The van der Waals surface area contributed by atoms with Crippen LogP contribution in [-0.4, -0.2) is 28.8 Å². The highest BCUT2D eigenvalue weighted by Gasteiger charge is 2.26. The van der Waals surface area contributed by atoms with Gasteiger partial charge in [0.25, 0.3) is 5.56 Å². The molecule has 4 rings (SSSR count). The molecule has 160 valence electrons. The third kappa shape index (κ3) is 5.19. The van der Waals surface area contributed by atoms with E-state index in [2.05, 4.69) is 26.3 Å². The minimum Gasteiger partial charge on any atom is -0.354 e. The predicted molar refractivity (Wildman–Crippen MR) is 121 cm³/mol. The van der Waals surface area contributed by atoms with Crippen LogP contribution in [0.4, 0.5) is 10.2 Å². The van der Waals surface area contributed by atoms with Crippen molar-refractivity contribution >= 4 is 27.7 Å². The van der Waals surface area contributed by atoms with Crippen molar-refractivity contribution in [3.8, 4) is 5.69 Å². The molecule has 8 heteroatoms. The van der Waals surface area contributed by atoms with Crippen molar-refractivity contribution in [3.63, 3.8) is 0 Å². The molecule has 2 heterocycles. The number of nitrogens with zero attached hydrogens (tertiary/aromatic N) is 3. The summed E-state index contributed by atoms with van der Waals surface area (Å²) >= 11 is 3.44. The van der Waals surface area contributed by atoms with Crippen molar-refractivity contribution in [1.29, 1.82) is 0 Å². The van der Waals surface area contributed by atoms with E-state index in [0.29, 0.717) is 24.6 Å². The maximum atomic E-state index is 13.6. The minimum atomic E-state index is -0.434. The lowest BCUT2D eigenvalue weighted by atomic mass is 9.97. The number of nitrogens with one attached hydrogen (secondary N) is 1. The predicted octanol–water partition coefficient (Wildman–Crippen LogP) is 3.67. The zero-order valence-corrected chi connectivity index (χ0v) is 18.4. The Morgan fingerprint density at radius 2 is 2.00 bits per heavy atom. The molecule has 31 heavy (non-hydrogen) atoms. The van der Waals surface area contributed by atoms with E-state index in [4.69, 9.17) is 0 Å². The average molecular weight is 485 g/mol. The van der Waals surface area contributed by atoms with Crippen LogP contribution >= 0.6 is 15.9 Å². The van der Waals surface area contributed by atoms with Gasteiger partial charge in [-0.2, -0.15) is 4.68 Å². The Morgan fingerprint density at radius 1 is 1.16 bits per heavy atom. The number of benzene rings is 2. The first kappa shape index (κ1) is 21.2. The lowest BCUT2D eigenvalue weighted by molar-refractivity contribution is -0.125. The normalized spacial score (nSPS) is 16.2. The van der Waals surface area contributed by atoms with Crippen LogP contribution in [0.1, 0.15) is 18.4 Å². The number of carbonyl (C=O) groups excluding carboxylic acids is 1. The maximum Gasteiger partial charge on any atom is 0.271 e. The fraction of sp³-hybridized carbons (Fsp3) is 0.261. The topological polar surface area (TPSA) is 67.2 Å². The Hall–Kier alpha value is -3.00. The minimum absolute atomic E-state index is 0.00290. The number of rotatable bonds is 5. The number of aromatic nitrogens is 2. The first-order chi connectivity index (χ1) is 15.0. The standard InChI is InChI=1S/C23H22BrFN4O2/c24-18-6-1-4-16(12-18)14-26-23(31)17-5-3-11-28(15-17)21-9-10-22(30)29(27-21)20-8-2-7-19(25)13-20/h1-2,4,6-10,12-13,17H,3,5,11,14-15H2,(H,26,31). The van der Waals surface area contributed by atoms with Gasteiger partial charge in [-0.25, -0.2) is 4.39 Å². The maximum absolute atomic E-state index is 13.6. The number of amides is 1. The molecule has 1 unspecified atom stereocenters. The lowest BCUT2D eigenvalue weighted by Gasteiger charge is -2.33. The van der Waals surface area contributed by atoms with E-state index < -0.39 is 5.82 Å². The van der Waals surface area contributed by atoms with Gasteiger partial charge < -0.3 is 10.2 Å². The van der Waals surface area contributed by atoms with E-state index >= 15 is 0 Å². The number of piperidine rings is 1. The molecule has 0 bridgehead atoms. The number of halogens is 2. The third-order valence-corrected chi connectivity index (χ3v) is 5.80. The molecule has 1 fully saturated rings. The second kappa shape index (κ2) is 9.43. The van der Waals surface area contributed by atoms with Crippen molar-refractivity contribution in [3.05, 3.63) is 86.9 Å². The number of hydrogen-bond donors (Lipinski definition) is 1. The van der Waals surface area contributed by atoms with Gasteiger partial charge in [-0.05, 0) is 54.8 Å². The van der Waals surface area contributed by atoms with Gasteiger partial charge in [0.1, 0.15) is 11.6 Å². The van der Waals surface area contributed by atoms with E-state index in [1.54, 1.807) is 12.1 Å². The summed E-state index contributed by atoms with van der Waals surface area (Å²) in [5.74, 6) is -0.00881. The van der Waals surface area contributed by atoms with Gasteiger partial charge in [0, 0.05) is 30.2 Å². The molecule has 1 atom stereocenters. The Kier molecular flexibility index (Phi) is 6.46. The Balaban J connectivity index is 1.46. The first-order valence-corrected chi connectivity index (χ1v) is 10.9. The molecular weight excluding hydrogens is 463 g/mol. The number of carbonyl (C=O) groups is 1. The number of hydrogen-bond acceptors (Lipinski definition) is 4. The molecule has 3 aromatic rings. The van der Waals surface area contributed by atoms with Crippen LogP contribution in [0.3, 0.4) is 0 Å². The molecule has 2 aromatic carbocycles. The molecule has 1 N–H and O–H groups in total. The van der Waals surface area contributed by atoms with Gasteiger partial charge in [-0.15, -0.1) is 5.10 Å². The molecule has 0 radical (unpaired) electrons. The van der Waals surface area contributed by atoms with E-state index in [1.807, 2.05) is 29.2 Å². The second-order valence-corrected chi connectivity index (χ2v) is 8.47. The molecule has 1 aliphatic heterocycles. The van der Waals surface area contributed by atoms with Crippen LogP contribution in [-0.2, 0) is 11.3 Å². The monoisotopic (exact) mass is 484 g/mol. The van der Waals surface area contributed by atoms with Crippen molar-refractivity contribution in [2.75, 3.05) is 18.0 Å². The summed E-state index contributed by atoms with van der Waals surface area (Å²) in [5.41, 5.74) is 1.06. The number of anilines is 1. The van der Waals surface area contributed by atoms with E-state index in [9.17, 15) is 14.0 Å². The van der Waals surface area contributed by atoms with Crippen molar-refractivity contribution < 1.29 is 9.18 Å². The van der Waals surface area contributed by atoms with Crippen molar-refractivity contribution in [2.24, 2.45) is 5.92 Å². The summed E-state index contributed by atoms with van der Waals surface area (Å²) in [4.78, 5) is 27.0. The Bertz CT molecular complexity index is 1150. The highest BCUT2D eigenvalue weighted by atomic mass is 79.9. The van der Waals surface area contributed by atoms with Crippen LogP contribution in [0.2, 0.25) is 0 Å². The van der Waals surface area contributed by atoms with Gasteiger partial charge in [-0.1, -0.05) is 34.1 Å². The molecule has 1 aromatic heterocycles. The van der Waals surface area contributed by atoms with Crippen LogP contribution in [0.25, 0.3) is 5.69 Å². The zero-order valence-electron chi connectivity index (χ0n) is 16.8. The lowest BCUT2D eigenvalue weighted by Crippen LogP contribution is -2.43. The fourth-order valence-corrected chi connectivity index (χ4v) is 4.19. The summed E-state index contributed by atoms with van der Waals surface area (Å²) in [5, 5.41) is 7.45. The third-order valence-electron chi connectivity index (χ3n) is 5.31. The van der Waals surface area contributed by atoms with E-state index in [0.717, 1.165) is 29.4 Å². The summed E-state index contributed by atoms with van der Waals surface area (Å²) in [6.07, 6.45) is 1.64. The van der Waals surface area contributed by atoms with E-state index in [-0.39, 0.29) is 17.4 Å². The highest BCUT2D eigenvalue weighted by molar-refractivity contribution is 9.10. The summed E-state index contributed by atoms with van der Waals surface area (Å²) in [6, 6.07) is 16.7. The molecule has 0 saturated carbocycles. The van der Waals surface area contributed by atoms with Crippen LogP contribution in [0, 0.1) is 11.7 Å². The quantitative estimate of drug-likeness (QED) is 0.599. The Morgan fingerprint density at radius 3 is 2.81 bits per heavy atom. The Labute approximate surface area is 187 Å². The first-order valence-electron chi connectivity index (χ1n) is 10.1. The van der Waals surface area contributed by atoms with Gasteiger partial charge in [0.05, 0.1) is 11.6 Å². The van der Waals surface area contributed by atoms with Gasteiger partial charge in [0.15, 0.2) is 0 Å². The van der Waals surface area contributed by atoms with E-state index in [1.165, 1.54) is 28.9 Å².